The molecule has 29 heavy (non-hydrogen) atoms. The number of nitrogens with zero attached hydrogens (tertiary/aromatic N) is 2. The summed E-state index contributed by atoms with van der Waals surface area (Å²) in [5.41, 5.74) is 0.915. The summed E-state index contributed by atoms with van der Waals surface area (Å²) >= 11 is 1.57. The van der Waals surface area contributed by atoms with Gasteiger partial charge in [0.15, 0.2) is 0 Å². The van der Waals surface area contributed by atoms with Crippen LogP contribution in [-0.4, -0.2) is 61.9 Å². The Hall–Kier alpha value is -2.36. The fourth-order valence-electron chi connectivity index (χ4n) is 3.09. The minimum atomic E-state index is -3.74. The summed E-state index contributed by atoms with van der Waals surface area (Å²) in [5.74, 6) is -0.437. The molecule has 1 N–H and O–H groups in total. The highest BCUT2D eigenvalue weighted by Crippen LogP contribution is 2.22. The Kier molecular flexibility index (Phi) is 6.61. The molecule has 2 aromatic carbocycles. The molecule has 9 heteroatoms. The fourth-order valence-corrected chi connectivity index (χ4v) is 5.02. The molecule has 1 aliphatic rings. The van der Waals surface area contributed by atoms with Gasteiger partial charge in [0.1, 0.15) is 0 Å². The van der Waals surface area contributed by atoms with Gasteiger partial charge in [-0.05, 0) is 42.7 Å². The predicted octanol–water partition coefficient (Wildman–Crippen LogP) is 2.51. The number of rotatable bonds is 5. The minimum absolute atomic E-state index is 0.0636. The van der Waals surface area contributed by atoms with E-state index in [9.17, 15) is 18.0 Å². The van der Waals surface area contributed by atoms with Crippen LogP contribution in [0.4, 0.5) is 5.69 Å². The van der Waals surface area contributed by atoms with Crippen LogP contribution in [0.2, 0.25) is 0 Å². The van der Waals surface area contributed by atoms with Crippen molar-refractivity contribution in [3.8, 4) is 0 Å². The largest absolute Gasteiger partial charge is 0.340 e. The molecule has 0 aliphatic carbocycles. The number of sulfonamides is 1. The van der Waals surface area contributed by atoms with Gasteiger partial charge in [0, 0.05) is 49.2 Å². The van der Waals surface area contributed by atoms with Gasteiger partial charge in [-0.15, -0.1) is 11.8 Å². The summed E-state index contributed by atoms with van der Waals surface area (Å²) in [5, 5.41) is 2.80. The Morgan fingerprint density at radius 3 is 2.34 bits per heavy atom. The van der Waals surface area contributed by atoms with Gasteiger partial charge < -0.3 is 10.2 Å². The number of carbonyl (C=O) groups is 2. The first-order valence-corrected chi connectivity index (χ1v) is 11.8. The molecule has 0 aromatic heterocycles. The molecule has 2 aromatic rings. The average molecular weight is 434 g/mol. The monoisotopic (exact) mass is 433 g/mol. The van der Waals surface area contributed by atoms with E-state index in [1.807, 2.05) is 24.5 Å². The number of thioether (sulfide) groups is 1. The lowest BCUT2D eigenvalue weighted by atomic mass is 10.2. The second-order valence-corrected chi connectivity index (χ2v) is 9.44. The molecule has 0 radical (unpaired) electrons. The SMILES string of the molecule is CSc1cccc(NC(=O)c2cccc(S(=O)(=O)N3CCN(C(C)=O)CC3)c2)c1. The van der Waals surface area contributed by atoms with Gasteiger partial charge >= 0.3 is 0 Å². The van der Waals surface area contributed by atoms with Crippen LogP contribution < -0.4 is 5.32 Å². The van der Waals surface area contributed by atoms with E-state index in [-0.39, 0.29) is 35.4 Å². The van der Waals surface area contributed by atoms with Crippen LogP contribution in [0.3, 0.4) is 0 Å². The molecule has 1 aliphatic heterocycles. The number of hydrogen-bond acceptors (Lipinski definition) is 5. The third-order valence-corrected chi connectivity index (χ3v) is 7.37. The first kappa shape index (κ1) is 21.4. The van der Waals surface area contributed by atoms with Gasteiger partial charge in [-0.1, -0.05) is 12.1 Å². The van der Waals surface area contributed by atoms with Crippen LogP contribution in [0.5, 0.6) is 0 Å². The van der Waals surface area contributed by atoms with Crippen molar-refractivity contribution in [2.45, 2.75) is 16.7 Å². The van der Waals surface area contributed by atoms with Gasteiger partial charge in [-0.25, -0.2) is 8.42 Å². The first-order chi connectivity index (χ1) is 13.8. The third kappa shape index (κ3) is 4.98. The molecule has 1 saturated heterocycles. The van der Waals surface area contributed by atoms with Crippen molar-refractivity contribution in [3.63, 3.8) is 0 Å². The summed E-state index contributed by atoms with van der Waals surface area (Å²) < 4.78 is 27.3. The van der Waals surface area contributed by atoms with Crippen LogP contribution in [-0.2, 0) is 14.8 Å². The Bertz CT molecular complexity index is 1020. The second-order valence-electron chi connectivity index (χ2n) is 6.62. The number of benzene rings is 2. The van der Waals surface area contributed by atoms with Gasteiger partial charge in [0.05, 0.1) is 4.90 Å². The number of piperazine rings is 1. The van der Waals surface area contributed by atoms with E-state index in [4.69, 9.17) is 0 Å². The predicted molar refractivity (Wildman–Crippen MR) is 114 cm³/mol. The lowest BCUT2D eigenvalue weighted by Gasteiger charge is -2.33. The summed E-state index contributed by atoms with van der Waals surface area (Å²) in [6.07, 6.45) is 1.95. The van der Waals surface area contributed by atoms with Crippen molar-refractivity contribution in [2.75, 3.05) is 37.8 Å². The summed E-state index contributed by atoms with van der Waals surface area (Å²) in [6.45, 7) is 2.67. The number of nitrogens with one attached hydrogen (secondary N) is 1. The lowest BCUT2D eigenvalue weighted by molar-refractivity contribution is -0.129. The van der Waals surface area contributed by atoms with Crippen molar-refractivity contribution in [1.82, 2.24) is 9.21 Å². The number of hydrogen-bond donors (Lipinski definition) is 1. The maximum absolute atomic E-state index is 13.0. The van der Waals surface area contributed by atoms with E-state index in [2.05, 4.69) is 5.32 Å². The Morgan fingerprint density at radius 2 is 1.69 bits per heavy atom. The van der Waals surface area contributed by atoms with Gasteiger partial charge in [-0.2, -0.15) is 4.31 Å². The van der Waals surface area contributed by atoms with Crippen LogP contribution in [0.15, 0.2) is 58.3 Å². The van der Waals surface area contributed by atoms with E-state index < -0.39 is 10.0 Å². The summed E-state index contributed by atoms with van der Waals surface area (Å²) in [4.78, 5) is 26.8. The normalized spacial score (nSPS) is 15.2. The van der Waals surface area contributed by atoms with E-state index >= 15 is 0 Å². The summed E-state index contributed by atoms with van der Waals surface area (Å²) in [6, 6.07) is 13.5. The van der Waals surface area contributed by atoms with Gasteiger partial charge in [-0.3, -0.25) is 9.59 Å². The molecule has 1 fully saturated rings. The maximum atomic E-state index is 13.0. The van der Waals surface area contributed by atoms with Crippen molar-refractivity contribution in [2.24, 2.45) is 0 Å². The van der Waals surface area contributed by atoms with Crippen LogP contribution in [0.1, 0.15) is 17.3 Å². The van der Waals surface area contributed by atoms with Gasteiger partial charge in [0.2, 0.25) is 15.9 Å². The highest BCUT2D eigenvalue weighted by atomic mass is 32.2. The Labute approximate surface area is 175 Å². The van der Waals surface area contributed by atoms with Crippen LogP contribution >= 0.6 is 11.8 Å². The molecule has 0 spiro atoms. The topological polar surface area (TPSA) is 86.8 Å². The molecule has 0 bridgehead atoms. The number of carbonyl (C=O) groups excluding carboxylic acids is 2. The van der Waals surface area contributed by atoms with E-state index in [1.54, 1.807) is 34.9 Å². The number of amides is 2. The first-order valence-electron chi connectivity index (χ1n) is 9.12. The van der Waals surface area contributed by atoms with Gasteiger partial charge in [0.25, 0.3) is 5.91 Å². The highest BCUT2D eigenvalue weighted by molar-refractivity contribution is 7.98. The molecule has 0 unspecified atom stereocenters. The van der Waals surface area contributed by atoms with E-state index in [0.29, 0.717) is 18.8 Å². The molecule has 7 nitrogen and oxygen atoms in total. The van der Waals surface area contributed by atoms with Crippen molar-refractivity contribution in [3.05, 3.63) is 54.1 Å². The third-order valence-electron chi connectivity index (χ3n) is 4.75. The van der Waals surface area contributed by atoms with Crippen molar-refractivity contribution < 1.29 is 18.0 Å². The zero-order valence-electron chi connectivity index (χ0n) is 16.3. The zero-order valence-corrected chi connectivity index (χ0v) is 17.9. The maximum Gasteiger partial charge on any atom is 0.255 e. The highest BCUT2D eigenvalue weighted by Gasteiger charge is 2.29. The molecule has 2 amide bonds. The van der Waals surface area contributed by atoms with E-state index in [1.165, 1.54) is 23.4 Å². The second kappa shape index (κ2) is 8.98. The molecule has 1 heterocycles. The fraction of sp³-hybridized carbons (Fsp3) is 0.300. The Balaban J connectivity index is 1.76. The summed E-state index contributed by atoms with van der Waals surface area (Å²) in [7, 11) is -3.74. The molecule has 0 saturated carbocycles. The average Bonchev–Trinajstić information content (AvgIpc) is 2.74. The molecular formula is C20H23N3O4S2. The quantitative estimate of drug-likeness (QED) is 0.732. The lowest BCUT2D eigenvalue weighted by Crippen LogP contribution is -2.49. The van der Waals surface area contributed by atoms with Crippen molar-refractivity contribution in [1.29, 1.82) is 0 Å². The van der Waals surface area contributed by atoms with Crippen LogP contribution in [0, 0.1) is 0 Å². The minimum Gasteiger partial charge on any atom is -0.340 e. The molecule has 3 rings (SSSR count). The van der Waals surface area contributed by atoms with Crippen LogP contribution in [0.25, 0.3) is 0 Å². The van der Waals surface area contributed by atoms with E-state index in [0.717, 1.165) is 4.90 Å². The Morgan fingerprint density at radius 1 is 1.00 bits per heavy atom. The standard InChI is InChI=1S/C20H23N3O4S2/c1-15(24)22-9-11-23(12-10-22)29(26,27)19-8-3-5-16(13-19)20(25)21-17-6-4-7-18(14-17)28-2/h3-8,13-14H,9-12H2,1-2H3,(H,21,25). The molecular weight excluding hydrogens is 410 g/mol. The smallest absolute Gasteiger partial charge is 0.255 e. The van der Waals surface area contributed by atoms with Crippen molar-refractivity contribution >= 4 is 39.3 Å². The molecule has 154 valence electrons. The number of anilines is 1. The molecule has 0 atom stereocenters. The zero-order chi connectivity index (χ0) is 21.0.